The Morgan fingerprint density at radius 1 is 1.40 bits per heavy atom. The average molecular weight is 279 g/mol. The van der Waals surface area contributed by atoms with Crippen LogP contribution in [0.25, 0.3) is 0 Å². The van der Waals surface area contributed by atoms with Crippen LogP contribution >= 0.6 is 0 Å². The molecule has 7 nitrogen and oxygen atoms in total. The van der Waals surface area contributed by atoms with Crippen molar-refractivity contribution in [3.05, 3.63) is 12.3 Å². The minimum Gasteiger partial charge on any atom is -0.382 e. The molecule has 1 unspecified atom stereocenters. The molecule has 0 aliphatic carbocycles. The Labute approximate surface area is 118 Å². The van der Waals surface area contributed by atoms with Crippen molar-refractivity contribution in [1.82, 2.24) is 20.0 Å². The summed E-state index contributed by atoms with van der Waals surface area (Å²) in [4.78, 5) is 14.0. The van der Waals surface area contributed by atoms with Crippen LogP contribution in [0.5, 0.6) is 0 Å². The third-order valence-corrected chi connectivity index (χ3v) is 4.01. The lowest BCUT2D eigenvalue weighted by Gasteiger charge is -2.32. The van der Waals surface area contributed by atoms with E-state index in [4.69, 9.17) is 10.5 Å². The molecule has 1 aromatic heterocycles. The largest absolute Gasteiger partial charge is 0.382 e. The minimum absolute atomic E-state index is 0.0268. The summed E-state index contributed by atoms with van der Waals surface area (Å²) < 4.78 is 7.18. The number of amides is 2. The predicted molar refractivity (Wildman–Crippen MR) is 74.2 cm³/mol. The fraction of sp³-hybridized carbons (Fsp3) is 0.692. The highest BCUT2D eigenvalue weighted by Gasteiger charge is 2.26. The van der Waals surface area contributed by atoms with Crippen LogP contribution < -0.4 is 11.1 Å². The van der Waals surface area contributed by atoms with Crippen LogP contribution in [-0.2, 0) is 4.74 Å². The number of anilines is 1. The summed E-state index contributed by atoms with van der Waals surface area (Å²) in [5.74, 6) is 0.548. The molecule has 20 heavy (non-hydrogen) atoms. The second-order valence-corrected chi connectivity index (χ2v) is 5.45. The van der Waals surface area contributed by atoms with E-state index in [0.717, 1.165) is 39.0 Å². The van der Waals surface area contributed by atoms with E-state index in [1.54, 1.807) is 6.07 Å². The molecule has 0 spiro atoms. The van der Waals surface area contributed by atoms with Crippen LogP contribution in [0.1, 0.15) is 25.3 Å². The SMILES string of the molecule is Nc1ccn(C2CCN(C(=O)NC3CCOC3)CC2)n1. The maximum atomic E-state index is 12.1. The van der Waals surface area contributed by atoms with E-state index in [0.29, 0.717) is 18.5 Å². The molecule has 2 amide bonds. The summed E-state index contributed by atoms with van der Waals surface area (Å²) in [5.41, 5.74) is 5.63. The second-order valence-electron chi connectivity index (χ2n) is 5.45. The molecule has 3 rings (SSSR count). The van der Waals surface area contributed by atoms with E-state index in [1.165, 1.54) is 0 Å². The molecule has 2 aliphatic heterocycles. The molecule has 0 radical (unpaired) electrons. The van der Waals surface area contributed by atoms with Crippen LogP contribution in [0.4, 0.5) is 10.6 Å². The van der Waals surface area contributed by atoms with Crippen LogP contribution in [0, 0.1) is 0 Å². The molecule has 0 saturated carbocycles. The molecule has 2 aliphatic rings. The van der Waals surface area contributed by atoms with Gasteiger partial charge in [0, 0.05) is 25.9 Å². The summed E-state index contributed by atoms with van der Waals surface area (Å²) in [6, 6.07) is 2.34. The van der Waals surface area contributed by atoms with E-state index >= 15 is 0 Å². The fourth-order valence-corrected chi connectivity index (χ4v) is 2.80. The van der Waals surface area contributed by atoms with Gasteiger partial charge in [0.25, 0.3) is 0 Å². The number of nitrogens with zero attached hydrogens (tertiary/aromatic N) is 3. The van der Waals surface area contributed by atoms with Gasteiger partial charge in [-0.2, -0.15) is 5.10 Å². The van der Waals surface area contributed by atoms with Crippen LogP contribution in [-0.4, -0.2) is 53.1 Å². The number of likely N-dealkylation sites (tertiary alicyclic amines) is 1. The summed E-state index contributed by atoms with van der Waals surface area (Å²) in [6.07, 6.45) is 4.64. The van der Waals surface area contributed by atoms with Crippen LogP contribution in [0.2, 0.25) is 0 Å². The highest BCUT2D eigenvalue weighted by molar-refractivity contribution is 5.74. The topological polar surface area (TPSA) is 85.4 Å². The molecule has 1 aromatic rings. The summed E-state index contributed by atoms with van der Waals surface area (Å²) in [5, 5.41) is 7.27. The average Bonchev–Trinajstić information content (AvgIpc) is 3.10. The maximum absolute atomic E-state index is 12.1. The third kappa shape index (κ3) is 2.87. The first kappa shape index (κ1) is 13.2. The molecule has 0 aromatic carbocycles. The van der Waals surface area contributed by atoms with E-state index in [1.807, 2.05) is 15.8 Å². The van der Waals surface area contributed by atoms with Gasteiger partial charge in [0.15, 0.2) is 0 Å². The Morgan fingerprint density at radius 2 is 2.20 bits per heavy atom. The number of hydrogen-bond donors (Lipinski definition) is 2. The normalized spacial score (nSPS) is 24.0. The molecule has 7 heteroatoms. The Balaban J connectivity index is 1.49. The van der Waals surface area contributed by atoms with Crippen molar-refractivity contribution in [2.75, 3.05) is 32.0 Å². The molecule has 2 saturated heterocycles. The molecule has 3 N–H and O–H groups in total. The zero-order chi connectivity index (χ0) is 13.9. The van der Waals surface area contributed by atoms with Crippen molar-refractivity contribution in [2.45, 2.75) is 31.3 Å². The molecule has 3 heterocycles. The lowest BCUT2D eigenvalue weighted by Crippen LogP contribution is -2.48. The van der Waals surface area contributed by atoms with Gasteiger partial charge in [-0.25, -0.2) is 4.79 Å². The van der Waals surface area contributed by atoms with Gasteiger partial charge in [-0.3, -0.25) is 4.68 Å². The van der Waals surface area contributed by atoms with Gasteiger partial charge < -0.3 is 20.7 Å². The number of nitrogens with one attached hydrogen (secondary N) is 1. The molecular weight excluding hydrogens is 258 g/mol. The number of carbonyl (C=O) groups excluding carboxylic acids is 1. The molecule has 110 valence electrons. The van der Waals surface area contributed by atoms with E-state index in [-0.39, 0.29) is 12.1 Å². The van der Waals surface area contributed by atoms with Crippen molar-refractivity contribution in [3.63, 3.8) is 0 Å². The number of carbonyl (C=O) groups is 1. The van der Waals surface area contributed by atoms with Crippen molar-refractivity contribution < 1.29 is 9.53 Å². The minimum atomic E-state index is 0.0268. The Morgan fingerprint density at radius 3 is 2.80 bits per heavy atom. The number of piperidine rings is 1. The van der Waals surface area contributed by atoms with Crippen molar-refractivity contribution in [3.8, 4) is 0 Å². The standard InChI is InChI=1S/C13H21N5O2/c14-12-3-7-18(16-12)11-1-5-17(6-2-11)13(19)15-10-4-8-20-9-10/h3,7,10-11H,1-2,4-6,8-9H2,(H2,14,16)(H,15,19). The number of nitrogens with two attached hydrogens (primary N) is 1. The van der Waals surface area contributed by atoms with Crippen molar-refractivity contribution >= 4 is 11.8 Å². The van der Waals surface area contributed by atoms with Gasteiger partial charge in [0.05, 0.1) is 18.7 Å². The van der Waals surface area contributed by atoms with Gasteiger partial charge in [-0.1, -0.05) is 0 Å². The summed E-state index contributed by atoms with van der Waals surface area (Å²) in [7, 11) is 0. The molecule has 0 bridgehead atoms. The number of nitrogen functional groups attached to an aromatic ring is 1. The zero-order valence-electron chi connectivity index (χ0n) is 11.5. The monoisotopic (exact) mass is 279 g/mol. The first-order valence-electron chi connectivity index (χ1n) is 7.16. The number of ether oxygens (including phenoxy) is 1. The van der Waals surface area contributed by atoms with Crippen molar-refractivity contribution in [2.24, 2.45) is 0 Å². The van der Waals surface area contributed by atoms with Crippen LogP contribution in [0.3, 0.4) is 0 Å². The van der Waals surface area contributed by atoms with Gasteiger partial charge in [0.1, 0.15) is 5.82 Å². The second kappa shape index (κ2) is 5.70. The lowest BCUT2D eigenvalue weighted by atomic mass is 10.1. The lowest BCUT2D eigenvalue weighted by molar-refractivity contribution is 0.160. The number of urea groups is 1. The maximum Gasteiger partial charge on any atom is 0.317 e. The smallest absolute Gasteiger partial charge is 0.317 e. The molecule has 2 fully saturated rings. The first-order chi connectivity index (χ1) is 9.72. The highest BCUT2D eigenvalue weighted by Crippen LogP contribution is 2.22. The van der Waals surface area contributed by atoms with Gasteiger partial charge in [0.2, 0.25) is 0 Å². The fourth-order valence-electron chi connectivity index (χ4n) is 2.80. The van der Waals surface area contributed by atoms with Crippen molar-refractivity contribution in [1.29, 1.82) is 0 Å². The quantitative estimate of drug-likeness (QED) is 0.830. The Kier molecular flexibility index (Phi) is 3.77. The molecular formula is C13H21N5O2. The predicted octanol–water partition coefficient (Wildman–Crippen LogP) is 0.601. The first-order valence-corrected chi connectivity index (χ1v) is 7.16. The van der Waals surface area contributed by atoms with E-state index < -0.39 is 0 Å². The highest BCUT2D eigenvalue weighted by atomic mass is 16.5. The molecule has 1 atom stereocenters. The third-order valence-electron chi connectivity index (χ3n) is 4.01. The van der Waals surface area contributed by atoms with Gasteiger partial charge in [-0.15, -0.1) is 0 Å². The number of aromatic nitrogens is 2. The summed E-state index contributed by atoms with van der Waals surface area (Å²) in [6.45, 7) is 2.89. The van der Waals surface area contributed by atoms with Gasteiger partial charge in [-0.05, 0) is 25.3 Å². The zero-order valence-corrected chi connectivity index (χ0v) is 11.5. The van der Waals surface area contributed by atoms with E-state index in [2.05, 4.69) is 10.4 Å². The number of hydrogen-bond acceptors (Lipinski definition) is 4. The van der Waals surface area contributed by atoms with Gasteiger partial charge >= 0.3 is 6.03 Å². The van der Waals surface area contributed by atoms with E-state index in [9.17, 15) is 4.79 Å². The van der Waals surface area contributed by atoms with Crippen LogP contribution in [0.15, 0.2) is 12.3 Å². The Hall–Kier alpha value is -1.76. The summed E-state index contributed by atoms with van der Waals surface area (Å²) >= 11 is 0. The Bertz CT molecular complexity index is 461. The number of rotatable bonds is 2.